The summed E-state index contributed by atoms with van der Waals surface area (Å²) in [5.74, 6) is 1.13. The lowest BCUT2D eigenvalue weighted by Gasteiger charge is -2.28. The van der Waals surface area contributed by atoms with Crippen molar-refractivity contribution >= 4 is 0 Å². The van der Waals surface area contributed by atoms with Crippen molar-refractivity contribution in [2.24, 2.45) is 17.8 Å². The first kappa shape index (κ1) is 27.1. The highest BCUT2D eigenvalue weighted by Crippen LogP contribution is 2.39. The van der Waals surface area contributed by atoms with E-state index < -0.39 is 11.6 Å². The Kier molecular flexibility index (Phi) is 10.2. The Morgan fingerprint density at radius 2 is 1.31 bits per heavy atom. The van der Waals surface area contributed by atoms with Crippen molar-refractivity contribution in [2.45, 2.75) is 110 Å². The molecule has 0 N–H and O–H groups in total. The molecule has 0 aromatic heterocycles. The molecule has 2 aromatic carbocycles. The Morgan fingerprint density at radius 3 is 1.97 bits per heavy atom. The van der Waals surface area contributed by atoms with Gasteiger partial charge in [0.2, 0.25) is 5.82 Å². The van der Waals surface area contributed by atoms with Gasteiger partial charge in [-0.3, -0.25) is 0 Å². The molecule has 0 amide bonds. The van der Waals surface area contributed by atoms with E-state index in [9.17, 15) is 4.39 Å². The van der Waals surface area contributed by atoms with Gasteiger partial charge in [0, 0.05) is 5.56 Å². The number of unbranched alkanes of at least 4 members (excludes halogenated alkanes) is 2. The van der Waals surface area contributed by atoms with Gasteiger partial charge in [-0.1, -0.05) is 89.5 Å². The SMILES string of the molecule is CCCCC[C@H]1CC[C@H](COc2ccc(-c3ccc([C@H]4CC[C@H](CCC)CC4)cc3)c(F)c2F)CC1. The first-order valence-corrected chi connectivity index (χ1v) is 14.8. The smallest absolute Gasteiger partial charge is 0.201 e. The number of benzene rings is 2. The van der Waals surface area contributed by atoms with Gasteiger partial charge < -0.3 is 4.74 Å². The van der Waals surface area contributed by atoms with Crippen molar-refractivity contribution in [2.75, 3.05) is 6.61 Å². The second-order valence-electron chi connectivity index (χ2n) is 11.6. The summed E-state index contributed by atoms with van der Waals surface area (Å²) in [4.78, 5) is 0. The minimum absolute atomic E-state index is 0.0433. The maximum Gasteiger partial charge on any atom is 0.201 e. The van der Waals surface area contributed by atoms with Crippen molar-refractivity contribution in [3.63, 3.8) is 0 Å². The predicted octanol–water partition coefficient (Wildman–Crippen LogP) is 10.5. The Bertz CT molecular complexity index is 921. The second-order valence-corrected chi connectivity index (χ2v) is 11.6. The molecule has 2 aliphatic rings. The Hall–Kier alpha value is -1.90. The van der Waals surface area contributed by atoms with Gasteiger partial charge in [-0.2, -0.15) is 4.39 Å². The minimum Gasteiger partial charge on any atom is -0.490 e. The quantitative estimate of drug-likeness (QED) is 0.281. The summed E-state index contributed by atoms with van der Waals surface area (Å²) in [6.45, 7) is 5.00. The highest BCUT2D eigenvalue weighted by atomic mass is 19.2. The van der Waals surface area contributed by atoms with Crippen LogP contribution < -0.4 is 4.74 Å². The lowest BCUT2D eigenvalue weighted by molar-refractivity contribution is 0.172. The van der Waals surface area contributed by atoms with E-state index in [1.165, 1.54) is 82.6 Å². The molecule has 0 heterocycles. The van der Waals surface area contributed by atoms with E-state index in [-0.39, 0.29) is 5.75 Å². The molecule has 0 bridgehead atoms. The van der Waals surface area contributed by atoms with E-state index in [0.717, 1.165) is 30.2 Å². The number of hydrogen-bond donors (Lipinski definition) is 0. The fourth-order valence-electron chi connectivity index (χ4n) is 6.57. The predicted molar refractivity (Wildman–Crippen MR) is 146 cm³/mol. The summed E-state index contributed by atoms with van der Waals surface area (Å²) in [7, 11) is 0. The molecule has 2 fully saturated rings. The third kappa shape index (κ3) is 7.11. The van der Waals surface area contributed by atoms with Gasteiger partial charge in [0.15, 0.2) is 11.6 Å². The molecule has 4 rings (SSSR count). The Morgan fingerprint density at radius 1 is 0.667 bits per heavy atom. The lowest BCUT2D eigenvalue weighted by atomic mass is 9.77. The normalized spacial score (nSPS) is 24.6. The fraction of sp³-hybridized carbons (Fsp3) is 0.636. The van der Waals surface area contributed by atoms with Crippen LogP contribution in [0, 0.1) is 29.4 Å². The zero-order chi connectivity index (χ0) is 25.3. The minimum atomic E-state index is -0.862. The van der Waals surface area contributed by atoms with E-state index in [1.807, 2.05) is 12.1 Å². The number of hydrogen-bond acceptors (Lipinski definition) is 1. The molecule has 2 saturated carbocycles. The zero-order valence-corrected chi connectivity index (χ0v) is 22.5. The first-order valence-electron chi connectivity index (χ1n) is 14.8. The maximum atomic E-state index is 15.0. The van der Waals surface area contributed by atoms with E-state index >= 15 is 4.39 Å². The summed E-state index contributed by atoms with van der Waals surface area (Å²) < 4.78 is 35.7. The summed E-state index contributed by atoms with van der Waals surface area (Å²) in [5, 5.41) is 0. The molecule has 2 aromatic rings. The van der Waals surface area contributed by atoms with Crippen LogP contribution in [0.5, 0.6) is 5.75 Å². The van der Waals surface area contributed by atoms with Crippen LogP contribution in [0.4, 0.5) is 8.78 Å². The average molecular weight is 497 g/mol. The molecule has 3 heteroatoms. The van der Waals surface area contributed by atoms with E-state index in [4.69, 9.17) is 4.74 Å². The standard InChI is InChI=1S/C33H46F2O/c1-3-5-6-8-25-9-11-26(12-10-25)23-36-31-22-21-30(32(34)33(31)35)29-19-17-28(18-20-29)27-15-13-24(7-4-2)14-16-27/h17-22,24-27H,3-16,23H2,1-2H3/t24-,25-,26-,27-. The van der Waals surface area contributed by atoms with Crippen LogP contribution in [0.25, 0.3) is 11.1 Å². The highest BCUT2D eigenvalue weighted by Gasteiger charge is 2.24. The lowest BCUT2D eigenvalue weighted by Crippen LogP contribution is -2.20. The van der Waals surface area contributed by atoms with Crippen LogP contribution in [0.3, 0.4) is 0 Å². The van der Waals surface area contributed by atoms with Gasteiger partial charge in [-0.15, -0.1) is 0 Å². The van der Waals surface area contributed by atoms with E-state index in [1.54, 1.807) is 12.1 Å². The molecule has 0 aliphatic heterocycles. The molecule has 2 aliphatic carbocycles. The molecule has 198 valence electrons. The van der Waals surface area contributed by atoms with Crippen LogP contribution in [-0.4, -0.2) is 6.61 Å². The summed E-state index contributed by atoms with van der Waals surface area (Å²) in [5.41, 5.74) is 2.36. The average Bonchev–Trinajstić information content (AvgIpc) is 2.91. The zero-order valence-electron chi connectivity index (χ0n) is 22.5. The molecule has 0 saturated heterocycles. The third-order valence-electron chi connectivity index (χ3n) is 8.94. The highest BCUT2D eigenvalue weighted by molar-refractivity contribution is 5.65. The van der Waals surface area contributed by atoms with Crippen LogP contribution >= 0.6 is 0 Å². The Balaban J connectivity index is 1.30. The number of rotatable bonds is 11. The molecular formula is C33H46F2O. The topological polar surface area (TPSA) is 9.23 Å². The van der Waals surface area contributed by atoms with Gasteiger partial charge in [0.25, 0.3) is 0 Å². The summed E-state index contributed by atoms with van der Waals surface area (Å²) in [6, 6.07) is 11.4. The molecule has 0 atom stereocenters. The second kappa shape index (κ2) is 13.6. The largest absolute Gasteiger partial charge is 0.490 e. The maximum absolute atomic E-state index is 15.0. The van der Waals surface area contributed by atoms with Crippen LogP contribution in [0.2, 0.25) is 0 Å². The van der Waals surface area contributed by atoms with Crippen molar-refractivity contribution in [3.8, 4) is 16.9 Å². The van der Waals surface area contributed by atoms with Crippen LogP contribution in [0.15, 0.2) is 36.4 Å². The molecule has 0 spiro atoms. The number of ether oxygens (including phenoxy) is 1. The number of halogens is 2. The van der Waals surface area contributed by atoms with Gasteiger partial charge in [-0.25, -0.2) is 4.39 Å². The van der Waals surface area contributed by atoms with Crippen LogP contribution in [0.1, 0.15) is 115 Å². The van der Waals surface area contributed by atoms with Crippen molar-refractivity contribution in [1.82, 2.24) is 0 Å². The van der Waals surface area contributed by atoms with Gasteiger partial charge in [-0.05, 0) is 85.5 Å². The summed E-state index contributed by atoms with van der Waals surface area (Å²) >= 11 is 0. The Labute approximate surface area is 218 Å². The monoisotopic (exact) mass is 496 g/mol. The van der Waals surface area contributed by atoms with Gasteiger partial charge in [0.1, 0.15) is 0 Å². The van der Waals surface area contributed by atoms with Crippen LogP contribution in [-0.2, 0) is 0 Å². The molecule has 0 radical (unpaired) electrons. The van der Waals surface area contributed by atoms with Gasteiger partial charge in [0.05, 0.1) is 6.61 Å². The van der Waals surface area contributed by atoms with E-state index in [2.05, 4.69) is 26.0 Å². The molecule has 0 unspecified atom stereocenters. The summed E-state index contributed by atoms with van der Waals surface area (Å²) in [6.07, 6.45) is 17.7. The van der Waals surface area contributed by atoms with Crippen molar-refractivity contribution in [3.05, 3.63) is 53.6 Å². The molecule has 36 heavy (non-hydrogen) atoms. The van der Waals surface area contributed by atoms with Crippen molar-refractivity contribution < 1.29 is 13.5 Å². The molecular weight excluding hydrogens is 450 g/mol. The molecule has 1 nitrogen and oxygen atoms in total. The first-order chi connectivity index (χ1) is 17.6. The van der Waals surface area contributed by atoms with Gasteiger partial charge >= 0.3 is 0 Å². The fourth-order valence-corrected chi connectivity index (χ4v) is 6.57. The van der Waals surface area contributed by atoms with Crippen molar-refractivity contribution in [1.29, 1.82) is 0 Å². The third-order valence-corrected chi connectivity index (χ3v) is 8.94. The van der Waals surface area contributed by atoms with E-state index in [0.29, 0.717) is 24.0 Å².